The maximum Gasteiger partial charge on any atom is 0.262 e. The maximum atomic E-state index is 11.2. The van der Waals surface area contributed by atoms with Crippen LogP contribution in [0.2, 0.25) is 0 Å². The minimum atomic E-state index is -0.518. The molecule has 108 valence electrons. The quantitative estimate of drug-likeness (QED) is 0.469. The minimum Gasteiger partial charge on any atom is -0.385 e. The number of carbonyl (C=O) groups is 1. The summed E-state index contributed by atoms with van der Waals surface area (Å²) in [6.45, 7) is 2.06. The maximum absolute atomic E-state index is 11.2. The van der Waals surface area contributed by atoms with Crippen molar-refractivity contribution in [2.24, 2.45) is 0 Å². The van der Waals surface area contributed by atoms with Gasteiger partial charge in [-0.25, -0.2) is 10.5 Å². The lowest BCUT2D eigenvalue weighted by Gasteiger charge is -2.09. The highest BCUT2D eigenvalue weighted by Gasteiger charge is 2.14. The molecule has 0 radical (unpaired) electrons. The number of unbranched alkanes of at least 4 members (excludes halogenated alkanes) is 1. The molecular weight excluding hydrogens is 258 g/mol. The summed E-state index contributed by atoms with van der Waals surface area (Å²) in [5.41, 5.74) is 9.17. The van der Waals surface area contributed by atoms with E-state index in [-0.39, 0.29) is 6.54 Å². The van der Waals surface area contributed by atoms with Gasteiger partial charge in [-0.05, 0) is 25.0 Å². The molecule has 0 bridgehead atoms. The number of nitrogens with two attached hydrogens (primary N) is 1. The number of imidazole rings is 1. The summed E-state index contributed by atoms with van der Waals surface area (Å²) in [6.07, 6.45) is 2.87. The molecule has 7 nitrogen and oxygen atoms in total. The molecule has 0 aliphatic carbocycles. The molecule has 0 unspecified atom stereocenters. The van der Waals surface area contributed by atoms with Crippen LogP contribution in [-0.2, 0) is 11.2 Å². The van der Waals surface area contributed by atoms with Crippen LogP contribution in [0.5, 0.6) is 0 Å². The average molecular weight is 277 g/mol. The van der Waals surface area contributed by atoms with E-state index in [1.54, 1.807) is 15.9 Å². The summed E-state index contributed by atoms with van der Waals surface area (Å²) in [5.74, 6) is 0.732. The molecule has 0 aliphatic rings. The van der Waals surface area contributed by atoms with Crippen LogP contribution in [0.4, 0.5) is 11.6 Å². The average Bonchev–Trinajstić information content (AvgIpc) is 2.81. The van der Waals surface area contributed by atoms with Crippen LogP contribution < -0.4 is 16.5 Å². The van der Waals surface area contributed by atoms with E-state index in [2.05, 4.69) is 17.2 Å². The van der Waals surface area contributed by atoms with Gasteiger partial charge >= 0.3 is 0 Å². The molecule has 0 aromatic carbocycles. The Kier molecular flexibility index (Phi) is 4.41. The zero-order valence-electron chi connectivity index (χ0n) is 11.4. The van der Waals surface area contributed by atoms with Gasteiger partial charge in [-0.1, -0.05) is 19.4 Å². The highest BCUT2D eigenvalue weighted by molar-refractivity contribution is 5.79. The number of aryl methyl sites for hydroxylation is 1. The lowest BCUT2D eigenvalue weighted by molar-refractivity contribution is -0.127. The molecule has 0 aliphatic heterocycles. The number of amides is 1. The molecule has 0 fully saturated rings. The second-order valence-corrected chi connectivity index (χ2v) is 4.54. The van der Waals surface area contributed by atoms with E-state index >= 15 is 0 Å². The molecule has 2 aromatic rings. The first-order valence-corrected chi connectivity index (χ1v) is 6.60. The fourth-order valence-electron chi connectivity index (χ4n) is 2.07. The van der Waals surface area contributed by atoms with Gasteiger partial charge in [-0.15, -0.1) is 0 Å². The molecule has 20 heavy (non-hydrogen) atoms. The first-order chi connectivity index (χ1) is 9.67. The topological polar surface area (TPSA) is 105 Å². The molecule has 0 spiro atoms. The SMILES string of the molecule is CCCCc1nc2cccc(N)n2c1NCC(=O)NO. The van der Waals surface area contributed by atoms with Crippen molar-refractivity contribution in [2.45, 2.75) is 26.2 Å². The van der Waals surface area contributed by atoms with Crippen molar-refractivity contribution < 1.29 is 10.0 Å². The van der Waals surface area contributed by atoms with Gasteiger partial charge in [0, 0.05) is 0 Å². The van der Waals surface area contributed by atoms with Gasteiger partial charge in [0.25, 0.3) is 5.91 Å². The lowest BCUT2D eigenvalue weighted by Crippen LogP contribution is -2.27. The Morgan fingerprint density at radius 1 is 1.50 bits per heavy atom. The Labute approximate surface area is 116 Å². The number of hydrogen-bond acceptors (Lipinski definition) is 5. The third-order valence-electron chi connectivity index (χ3n) is 3.05. The van der Waals surface area contributed by atoms with E-state index < -0.39 is 5.91 Å². The largest absolute Gasteiger partial charge is 0.385 e. The highest BCUT2D eigenvalue weighted by atomic mass is 16.5. The van der Waals surface area contributed by atoms with Gasteiger partial charge in [0.2, 0.25) is 0 Å². The number of nitrogen functional groups attached to an aromatic ring is 1. The van der Waals surface area contributed by atoms with Crippen LogP contribution in [0.1, 0.15) is 25.5 Å². The normalized spacial score (nSPS) is 10.7. The van der Waals surface area contributed by atoms with Crippen molar-refractivity contribution in [3.63, 3.8) is 0 Å². The van der Waals surface area contributed by atoms with E-state index in [0.717, 1.165) is 30.6 Å². The predicted octanol–water partition coefficient (Wildman–Crippen LogP) is 1.18. The monoisotopic (exact) mass is 277 g/mol. The van der Waals surface area contributed by atoms with Gasteiger partial charge in [0.15, 0.2) is 0 Å². The number of hydrogen-bond donors (Lipinski definition) is 4. The second kappa shape index (κ2) is 6.25. The van der Waals surface area contributed by atoms with Gasteiger partial charge in [-0.3, -0.25) is 14.4 Å². The van der Waals surface area contributed by atoms with Crippen LogP contribution >= 0.6 is 0 Å². The summed E-state index contributed by atoms with van der Waals surface area (Å²) in [6, 6.07) is 5.48. The number of pyridine rings is 1. The summed E-state index contributed by atoms with van der Waals surface area (Å²) in [4.78, 5) is 15.7. The number of fused-ring (bicyclic) bond motifs is 1. The first-order valence-electron chi connectivity index (χ1n) is 6.60. The Morgan fingerprint density at radius 3 is 3.00 bits per heavy atom. The number of anilines is 2. The first kappa shape index (κ1) is 14.1. The highest BCUT2D eigenvalue weighted by Crippen LogP contribution is 2.23. The van der Waals surface area contributed by atoms with E-state index in [9.17, 15) is 4.79 Å². The Morgan fingerprint density at radius 2 is 2.30 bits per heavy atom. The number of nitrogens with one attached hydrogen (secondary N) is 2. The van der Waals surface area contributed by atoms with Crippen LogP contribution in [0.25, 0.3) is 5.65 Å². The van der Waals surface area contributed by atoms with E-state index in [1.807, 2.05) is 12.1 Å². The molecule has 7 heteroatoms. The van der Waals surface area contributed by atoms with Crippen LogP contribution in [-0.4, -0.2) is 27.0 Å². The summed E-state index contributed by atoms with van der Waals surface area (Å²) >= 11 is 0. The zero-order chi connectivity index (χ0) is 14.5. The molecule has 0 atom stereocenters. The molecule has 1 amide bonds. The van der Waals surface area contributed by atoms with Crippen molar-refractivity contribution in [1.29, 1.82) is 0 Å². The van der Waals surface area contributed by atoms with Crippen molar-refractivity contribution in [3.8, 4) is 0 Å². The summed E-state index contributed by atoms with van der Waals surface area (Å²) in [5, 5.41) is 11.5. The third-order valence-corrected chi connectivity index (χ3v) is 3.05. The molecule has 0 saturated carbocycles. The lowest BCUT2D eigenvalue weighted by atomic mass is 10.2. The Balaban J connectivity index is 2.37. The Bertz CT molecular complexity index is 608. The van der Waals surface area contributed by atoms with Crippen LogP contribution in [0.15, 0.2) is 18.2 Å². The Hall–Kier alpha value is -2.28. The molecule has 5 N–H and O–H groups in total. The molecule has 0 saturated heterocycles. The fourth-order valence-corrected chi connectivity index (χ4v) is 2.07. The molecule has 2 aromatic heterocycles. The summed E-state index contributed by atoms with van der Waals surface area (Å²) in [7, 11) is 0. The minimum absolute atomic E-state index is 0.0439. The zero-order valence-corrected chi connectivity index (χ0v) is 11.4. The van der Waals surface area contributed by atoms with Gasteiger partial charge < -0.3 is 11.1 Å². The van der Waals surface area contributed by atoms with Crippen LogP contribution in [0.3, 0.4) is 0 Å². The van der Waals surface area contributed by atoms with Crippen molar-refractivity contribution in [3.05, 3.63) is 23.9 Å². The second-order valence-electron chi connectivity index (χ2n) is 4.54. The van der Waals surface area contributed by atoms with Crippen molar-refractivity contribution >= 4 is 23.2 Å². The van der Waals surface area contributed by atoms with E-state index in [0.29, 0.717) is 11.6 Å². The predicted molar refractivity (Wildman–Crippen MR) is 76.6 cm³/mol. The molecular formula is C13H19N5O2. The van der Waals surface area contributed by atoms with Gasteiger partial charge in [0.05, 0.1) is 12.2 Å². The van der Waals surface area contributed by atoms with E-state index in [1.165, 1.54) is 0 Å². The number of aromatic nitrogens is 2. The fraction of sp³-hybridized carbons (Fsp3) is 0.385. The number of carbonyl (C=O) groups excluding carboxylic acids is 1. The van der Waals surface area contributed by atoms with E-state index in [4.69, 9.17) is 10.9 Å². The van der Waals surface area contributed by atoms with Gasteiger partial charge in [-0.2, -0.15) is 0 Å². The number of nitrogens with zero attached hydrogens (tertiary/aromatic N) is 2. The third kappa shape index (κ3) is 2.83. The number of rotatable bonds is 6. The van der Waals surface area contributed by atoms with Crippen molar-refractivity contribution in [2.75, 3.05) is 17.6 Å². The smallest absolute Gasteiger partial charge is 0.262 e. The van der Waals surface area contributed by atoms with Crippen LogP contribution in [0, 0.1) is 0 Å². The number of hydroxylamine groups is 1. The molecule has 2 rings (SSSR count). The molecule has 2 heterocycles. The van der Waals surface area contributed by atoms with Gasteiger partial charge in [0.1, 0.15) is 17.3 Å². The standard InChI is InChI=1S/C13H19N5O2/c1-2-3-5-9-13(15-8-12(19)17-20)18-10(14)6-4-7-11(18)16-9/h4,6-7,15,20H,2-3,5,8,14H2,1H3,(H,17,19). The van der Waals surface area contributed by atoms with Crippen molar-refractivity contribution in [1.82, 2.24) is 14.9 Å². The summed E-state index contributed by atoms with van der Waals surface area (Å²) < 4.78 is 1.77.